The second-order valence-corrected chi connectivity index (χ2v) is 5.16. The number of carbonyl (C=O) groups excluding carboxylic acids is 2. The van der Waals surface area contributed by atoms with Crippen molar-refractivity contribution in [1.29, 1.82) is 0 Å². The smallest absolute Gasteiger partial charge is 0.145 e. The van der Waals surface area contributed by atoms with Gasteiger partial charge in [0.25, 0.3) is 0 Å². The molecule has 0 aromatic heterocycles. The van der Waals surface area contributed by atoms with E-state index in [-0.39, 0.29) is 24.9 Å². The minimum absolute atomic E-state index is 0.0310. The molecular weight excluding hydrogens is 164 g/mol. The van der Waals surface area contributed by atoms with Crippen molar-refractivity contribution in [3.63, 3.8) is 0 Å². The van der Waals surface area contributed by atoms with E-state index in [4.69, 9.17) is 1.37 Å². The topological polar surface area (TPSA) is 34.1 Å². The lowest BCUT2D eigenvalue weighted by molar-refractivity contribution is -0.135. The van der Waals surface area contributed by atoms with E-state index >= 15 is 0 Å². The number of carbonyl (C=O) groups is 2. The fourth-order valence-corrected chi connectivity index (χ4v) is 0.650. The number of rotatable bonds is 2. The van der Waals surface area contributed by atoms with Gasteiger partial charge in [0.2, 0.25) is 0 Å². The van der Waals surface area contributed by atoms with Crippen molar-refractivity contribution < 1.29 is 11.0 Å². The Kier molecular flexibility index (Phi) is 2.89. The lowest BCUT2D eigenvalue weighted by Gasteiger charge is -2.20. The summed E-state index contributed by atoms with van der Waals surface area (Å²) < 4.78 is 7.20. The zero-order valence-electron chi connectivity index (χ0n) is 10.2. The molecule has 0 aliphatic heterocycles. The SMILES string of the molecule is [2H]CC(C)(C)C(=O)CC(=O)C(C)(C)C. The normalized spacial score (nSPS) is 13.8. The van der Waals surface area contributed by atoms with Gasteiger partial charge in [0, 0.05) is 12.2 Å². The third kappa shape index (κ3) is 4.20. The zero-order chi connectivity index (χ0) is 11.6. The molecule has 2 heteroatoms. The average molecular weight is 185 g/mol. The van der Waals surface area contributed by atoms with Crippen LogP contribution in [0.5, 0.6) is 0 Å². The summed E-state index contributed by atoms with van der Waals surface area (Å²) in [5.41, 5.74) is -1.16. The molecule has 0 amide bonds. The highest BCUT2D eigenvalue weighted by Gasteiger charge is 2.28. The largest absolute Gasteiger partial charge is 0.299 e. The molecule has 0 saturated heterocycles. The minimum atomic E-state index is -0.694. The van der Waals surface area contributed by atoms with Gasteiger partial charge in [-0.15, -0.1) is 0 Å². The first-order chi connectivity index (χ1) is 6.11. The summed E-state index contributed by atoms with van der Waals surface area (Å²) in [7, 11) is 0. The second-order valence-electron chi connectivity index (χ2n) is 5.16. The molecule has 0 rings (SSSR count). The van der Waals surface area contributed by atoms with Crippen LogP contribution < -0.4 is 0 Å². The van der Waals surface area contributed by atoms with Crippen molar-refractivity contribution in [2.24, 2.45) is 10.8 Å². The van der Waals surface area contributed by atoms with Gasteiger partial charge in [0.15, 0.2) is 0 Å². The van der Waals surface area contributed by atoms with Crippen LogP contribution in [-0.4, -0.2) is 11.6 Å². The van der Waals surface area contributed by atoms with Crippen LogP contribution in [0.3, 0.4) is 0 Å². The van der Waals surface area contributed by atoms with Gasteiger partial charge in [0.05, 0.1) is 6.42 Å². The Bertz CT molecular complexity index is 236. The van der Waals surface area contributed by atoms with E-state index in [1.165, 1.54) is 0 Å². The molecule has 0 aliphatic rings. The predicted octanol–water partition coefficient (Wildman–Crippen LogP) is 2.61. The molecular formula is C11H20O2. The Balaban J connectivity index is 4.43. The van der Waals surface area contributed by atoms with E-state index < -0.39 is 10.8 Å². The third-order valence-corrected chi connectivity index (χ3v) is 1.91. The molecule has 13 heavy (non-hydrogen) atoms. The summed E-state index contributed by atoms with van der Waals surface area (Å²) in [4.78, 5) is 23.2. The molecule has 0 spiro atoms. The van der Waals surface area contributed by atoms with Crippen LogP contribution in [0.2, 0.25) is 0 Å². The van der Waals surface area contributed by atoms with E-state index in [1.807, 2.05) is 0 Å². The molecule has 0 aliphatic carbocycles. The molecule has 0 unspecified atom stereocenters. The Morgan fingerprint density at radius 3 is 1.69 bits per heavy atom. The maximum atomic E-state index is 11.6. The van der Waals surface area contributed by atoms with E-state index in [0.717, 1.165) is 0 Å². The van der Waals surface area contributed by atoms with Gasteiger partial charge in [-0.1, -0.05) is 41.5 Å². The van der Waals surface area contributed by atoms with E-state index in [9.17, 15) is 9.59 Å². The summed E-state index contributed by atoms with van der Waals surface area (Å²) in [5, 5.41) is 0. The molecule has 2 nitrogen and oxygen atoms in total. The van der Waals surface area contributed by atoms with Crippen molar-refractivity contribution >= 4 is 11.6 Å². The Labute approximate surface area is 82.1 Å². The first kappa shape index (κ1) is 10.4. The van der Waals surface area contributed by atoms with Gasteiger partial charge in [-0.25, -0.2) is 0 Å². The maximum Gasteiger partial charge on any atom is 0.145 e. The van der Waals surface area contributed by atoms with E-state index in [0.29, 0.717) is 0 Å². The van der Waals surface area contributed by atoms with Crippen molar-refractivity contribution in [2.75, 3.05) is 0 Å². The van der Waals surface area contributed by atoms with Gasteiger partial charge in [0.1, 0.15) is 11.6 Å². The quantitative estimate of drug-likeness (QED) is 0.620. The molecule has 0 bridgehead atoms. The first-order valence-corrected chi connectivity index (χ1v) is 4.47. The van der Waals surface area contributed by atoms with Gasteiger partial charge < -0.3 is 0 Å². The Morgan fingerprint density at radius 2 is 1.38 bits per heavy atom. The molecule has 0 aromatic carbocycles. The lowest BCUT2D eigenvalue weighted by Crippen LogP contribution is -2.28. The molecule has 76 valence electrons. The Morgan fingerprint density at radius 1 is 1.00 bits per heavy atom. The summed E-state index contributed by atoms with van der Waals surface area (Å²) in [6.45, 7) is 8.85. The van der Waals surface area contributed by atoms with E-state index in [2.05, 4.69) is 0 Å². The van der Waals surface area contributed by atoms with Crippen LogP contribution in [0.4, 0.5) is 0 Å². The predicted molar refractivity (Wildman–Crippen MR) is 53.5 cm³/mol. The molecule has 0 atom stereocenters. The van der Waals surface area contributed by atoms with Gasteiger partial charge in [-0.3, -0.25) is 9.59 Å². The Hall–Kier alpha value is -0.660. The van der Waals surface area contributed by atoms with Crippen molar-refractivity contribution in [1.82, 2.24) is 0 Å². The van der Waals surface area contributed by atoms with Crippen LogP contribution in [0, 0.1) is 10.8 Å². The number of hydrogen-bond donors (Lipinski definition) is 0. The van der Waals surface area contributed by atoms with Gasteiger partial charge in [-0.05, 0) is 0 Å². The monoisotopic (exact) mass is 185 g/mol. The van der Waals surface area contributed by atoms with E-state index in [1.54, 1.807) is 34.6 Å². The van der Waals surface area contributed by atoms with Crippen LogP contribution in [0.25, 0.3) is 0 Å². The minimum Gasteiger partial charge on any atom is -0.299 e. The number of hydrogen-bond acceptors (Lipinski definition) is 2. The van der Waals surface area contributed by atoms with Crippen LogP contribution >= 0.6 is 0 Å². The average Bonchev–Trinajstić information content (AvgIpc) is 2.02. The summed E-state index contributed by atoms with van der Waals surface area (Å²) in [6, 6.07) is 0. The summed E-state index contributed by atoms with van der Waals surface area (Å²) in [5.74, 6) is -0.184. The zero-order valence-corrected chi connectivity index (χ0v) is 9.23. The van der Waals surface area contributed by atoms with Crippen LogP contribution in [-0.2, 0) is 9.59 Å². The molecule has 0 fully saturated rings. The highest BCUT2D eigenvalue weighted by molar-refractivity contribution is 6.03. The molecule has 0 radical (unpaired) electrons. The first-order valence-electron chi connectivity index (χ1n) is 5.18. The molecule has 0 aromatic rings. The fourth-order valence-electron chi connectivity index (χ4n) is 0.650. The highest BCUT2D eigenvalue weighted by atomic mass is 16.1. The molecule has 0 heterocycles. The fraction of sp³-hybridized carbons (Fsp3) is 0.818. The third-order valence-electron chi connectivity index (χ3n) is 1.91. The van der Waals surface area contributed by atoms with Crippen molar-refractivity contribution in [3.8, 4) is 0 Å². The van der Waals surface area contributed by atoms with Crippen LogP contribution in [0.1, 0.15) is 49.3 Å². The van der Waals surface area contributed by atoms with Crippen LogP contribution in [0.15, 0.2) is 0 Å². The summed E-state index contributed by atoms with van der Waals surface area (Å²) >= 11 is 0. The standard InChI is InChI=1S/C11H20O2/c1-10(2,3)8(12)7-9(13)11(4,5)6/h7H2,1-6H3/i1D. The van der Waals surface area contributed by atoms with Crippen molar-refractivity contribution in [2.45, 2.75) is 47.9 Å². The highest BCUT2D eigenvalue weighted by Crippen LogP contribution is 2.22. The molecule has 0 N–H and O–H groups in total. The van der Waals surface area contributed by atoms with Crippen molar-refractivity contribution in [3.05, 3.63) is 0 Å². The van der Waals surface area contributed by atoms with Gasteiger partial charge >= 0.3 is 0 Å². The maximum absolute atomic E-state index is 11.6. The van der Waals surface area contributed by atoms with Gasteiger partial charge in [-0.2, -0.15) is 0 Å². The molecule has 0 saturated carbocycles. The summed E-state index contributed by atoms with van der Waals surface area (Å²) in [6.07, 6.45) is -0.0463. The second kappa shape index (κ2) is 3.60. The lowest BCUT2D eigenvalue weighted by atomic mass is 9.82. The number of Topliss-reactive ketones (excluding diaryl/α,β-unsaturated/α-hetero) is 2. The number of ketones is 2.